The summed E-state index contributed by atoms with van der Waals surface area (Å²) in [5.74, 6) is 2.87. The Morgan fingerprint density at radius 3 is 1.98 bits per heavy atom. The lowest BCUT2D eigenvalue weighted by atomic mass is 10.1. The fraction of sp³-hybridized carbons (Fsp3) is 0.279. The molecule has 56 heavy (non-hydrogen) atoms. The van der Waals surface area contributed by atoms with Gasteiger partial charge >= 0.3 is 6.03 Å². The van der Waals surface area contributed by atoms with Gasteiger partial charge in [0.1, 0.15) is 11.6 Å². The van der Waals surface area contributed by atoms with E-state index in [2.05, 4.69) is 64.6 Å². The third kappa shape index (κ3) is 7.92. The summed E-state index contributed by atoms with van der Waals surface area (Å²) in [4.78, 5) is 46.1. The van der Waals surface area contributed by atoms with Crippen LogP contribution in [0.4, 0.5) is 39.4 Å². The molecule has 6 aromatic heterocycles. The average Bonchev–Trinajstić information content (AvgIpc) is 3.79. The summed E-state index contributed by atoms with van der Waals surface area (Å²) in [6, 6.07) is 24.4. The van der Waals surface area contributed by atoms with E-state index < -0.39 is 0 Å². The molecule has 2 fully saturated rings. The Hall–Kier alpha value is -6.63. The third-order valence-electron chi connectivity index (χ3n) is 10.4. The van der Waals surface area contributed by atoms with Crippen LogP contribution >= 0.6 is 0 Å². The smallest absolute Gasteiger partial charge is 0.329 e. The number of nitrogens with two attached hydrogens (primary N) is 1. The van der Waals surface area contributed by atoms with E-state index >= 15 is 0 Å². The predicted octanol–water partition coefficient (Wildman–Crippen LogP) is 7.21. The lowest BCUT2D eigenvalue weighted by molar-refractivity contribution is 0.254. The number of urea groups is 1. The molecule has 0 unspecified atom stereocenters. The molecule has 13 nitrogen and oxygen atoms in total. The monoisotopic (exact) mass is 746 g/mol. The van der Waals surface area contributed by atoms with Gasteiger partial charge in [0.2, 0.25) is 0 Å². The van der Waals surface area contributed by atoms with Crippen molar-refractivity contribution in [1.82, 2.24) is 29.9 Å². The van der Waals surface area contributed by atoms with E-state index in [0.717, 1.165) is 89.1 Å². The maximum absolute atomic E-state index is 13.2. The quantitative estimate of drug-likeness (QED) is 0.168. The van der Waals surface area contributed by atoms with Crippen LogP contribution in [-0.2, 0) is 0 Å². The lowest BCUT2D eigenvalue weighted by Gasteiger charge is -2.35. The van der Waals surface area contributed by atoms with Gasteiger partial charge in [-0.25, -0.2) is 24.7 Å². The standard InChI is InChI=1S/C22H22N6O.C15H16N4.C6H8N2/c1-14-5-8-24-20(11-14)26-22(29)28-17-7-10-27(13-17)19-4-3-18(25-21(19)28)16-6-9-23-15(2)12-16;1-10-8-11(4-6-16-10)13-2-3-14-15(18-13)17-12-5-7-19(14)9-12;1-5-2-3-8-6(7)4-5/h3-6,8-9,11-12,17H,7,10,13H2,1-2H3,(H,24,26,29);2-4,6,8,12H,5,7,9H2,1H3,(H,17,18);2-4H,1H3,(H2,7,8)/t17-;12-;/m00./s1. The minimum Gasteiger partial charge on any atom is -0.384 e. The van der Waals surface area contributed by atoms with Crippen LogP contribution in [0, 0.1) is 27.7 Å². The van der Waals surface area contributed by atoms with Crippen LogP contribution in [0.1, 0.15) is 35.4 Å². The zero-order chi connectivity index (χ0) is 38.8. The summed E-state index contributed by atoms with van der Waals surface area (Å²) < 4.78 is 0. The number of pyridine rings is 6. The Balaban J connectivity index is 0.000000139. The molecule has 4 aliphatic heterocycles. The number of anilines is 6. The molecule has 2 atom stereocenters. The van der Waals surface area contributed by atoms with Crippen molar-refractivity contribution in [3.8, 4) is 22.5 Å². The molecule has 4 aliphatic rings. The van der Waals surface area contributed by atoms with E-state index in [9.17, 15) is 4.79 Å². The first kappa shape index (κ1) is 36.4. The fourth-order valence-electron chi connectivity index (χ4n) is 7.64. The summed E-state index contributed by atoms with van der Waals surface area (Å²) in [7, 11) is 0. The predicted molar refractivity (Wildman–Crippen MR) is 223 cm³/mol. The second-order valence-electron chi connectivity index (χ2n) is 14.7. The first-order valence-electron chi connectivity index (χ1n) is 19.0. The largest absolute Gasteiger partial charge is 0.384 e. The van der Waals surface area contributed by atoms with Crippen LogP contribution in [0.3, 0.4) is 0 Å². The van der Waals surface area contributed by atoms with Crippen molar-refractivity contribution in [3.63, 3.8) is 0 Å². The first-order chi connectivity index (χ1) is 27.2. The number of nitrogen functional groups attached to an aromatic ring is 1. The van der Waals surface area contributed by atoms with E-state index in [0.29, 0.717) is 23.5 Å². The molecule has 2 amide bonds. The maximum atomic E-state index is 13.2. The molecule has 0 saturated carbocycles. The van der Waals surface area contributed by atoms with E-state index in [1.165, 1.54) is 12.1 Å². The molecule has 4 N–H and O–H groups in total. The Labute approximate surface area is 327 Å². The van der Waals surface area contributed by atoms with Crippen LogP contribution < -0.4 is 31.1 Å². The third-order valence-corrected chi connectivity index (χ3v) is 10.4. The number of fused-ring (bicyclic) bond motifs is 8. The molecule has 13 heteroatoms. The van der Waals surface area contributed by atoms with Crippen LogP contribution in [0.2, 0.25) is 0 Å². The van der Waals surface area contributed by atoms with E-state index in [4.69, 9.17) is 15.7 Å². The Kier molecular flexibility index (Phi) is 10.1. The van der Waals surface area contributed by atoms with Gasteiger partial charge in [-0.05, 0) is 124 Å². The molecule has 10 heterocycles. The number of nitrogens with one attached hydrogen (secondary N) is 2. The number of hydrogen-bond acceptors (Lipinski definition) is 11. The van der Waals surface area contributed by atoms with Gasteiger partial charge in [0.05, 0.1) is 28.8 Å². The SMILES string of the molecule is Cc1cc(-c2ccc3c(n2)N[C@H]2CCN3C2)ccn1.Cc1ccnc(N)c1.Cc1ccnc(NC(=O)N2c3nc(-c4ccnc(C)c4)ccc3N3CC[C@H]2C3)c1. The molecule has 0 aliphatic carbocycles. The minimum absolute atomic E-state index is 0.106. The molecule has 2 saturated heterocycles. The van der Waals surface area contributed by atoms with Gasteiger partial charge in [-0.15, -0.1) is 0 Å². The number of rotatable bonds is 3. The van der Waals surface area contributed by atoms with Crippen molar-refractivity contribution in [2.45, 2.75) is 52.6 Å². The van der Waals surface area contributed by atoms with Crippen molar-refractivity contribution in [1.29, 1.82) is 0 Å². The van der Waals surface area contributed by atoms with Gasteiger partial charge < -0.3 is 20.9 Å². The van der Waals surface area contributed by atoms with E-state index in [1.807, 2.05) is 82.4 Å². The average molecular weight is 747 g/mol. The van der Waals surface area contributed by atoms with Crippen LogP contribution in [-0.4, -0.2) is 74.2 Å². The highest BCUT2D eigenvalue weighted by atomic mass is 16.2. The number of nitrogens with zero attached hydrogens (tertiary/aromatic N) is 9. The van der Waals surface area contributed by atoms with Crippen molar-refractivity contribution < 1.29 is 4.79 Å². The summed E-state index contributed by atoms with van der Waals surface area (Å²) in [6.07, 6.45) is 9.16. The molecular weight excluding hydrogens is 701 g/mol. The van der Waals surface area contributed by atoms with Crippen LogP contribution in [0.5, 0.6) is 0 Å². The molecule has 10 rings (SSSR count). The minimum atomic E-state index is -0.188. The Bertz CT molecular complexity index is 2370. The summed E-state index contributed by atoms with van der Waals surface area (Å²) >= 11 is 0. The molecule has 0 radical (unpaired) electrons. The zero-order valence-corrected chi connectivity index (χ0v) is 32.1. The van der Waals surface area contributed by atoms with Gasteiger partial charge in [0.25, 0.3) is 0 Å². The Morgan fingerprint density at radius 2 is 1.32 bits per heavy atom. The molecule has 6 aromatic rings. The van der Waals surface area contributed by atoms with Crippen molar-refractivity contribution in [2.24, 2.45) is 0 Å². The number of carbonyl (C=O) groups excluding carboxylic acids is 1. The molecule has 0 aromatic carbocycles. The van der Waals surface area contributed by atoms with E-state index in [-0.39, 0.29) is 12.1 Å². The topological polar surface area (TPSA) is 154 Å². The summed E-state index contributed by atoms with van der Waals surface area (Å²) in [6.45, 7) is 11.9. The number of carbonyl (C=O) groups is 1. The normalized spacial score (nSPS) is 17.0. The number of hydrogen-bond donors (Lipinski definition) is 3. The molecule has 4 bridgehead atoms. The molecular formula is C43H46N12O. The first-order valence-corrected chi connectivity index (χ1v) is 19.0. The van der Waals surface area contributed by atoms with Crippen molar-refractivity contribution in [3.05, 3.63) is 120 Å². The second kappa shape index (κ2) is 15.6. The highest BCUT2D eigenvalue weighted by molar-refractivity contribution is 6.04. The van der Waals surface area contributed by atoms with Crippen LogP contribution in [0.25, 0.3) is 22.5 Å². The molecule has 0 spiro atoms. The summed E-state index contributed by atoms with van der Waals surface area (Å²) in [5, 5.41) is 6.50. The highest BCUT2D eigenvalue weighted by Gasteiger charge is 2.40. The molecule has 284 valence electrons. The number of amides is 2. The zero-order valence-electron chi connectivity index (χ0n) is 32.1. The van der Waals surface area contributed by atoms with Gasteiger partial charge in [-0.3, -0.25) is 20.2 Å². The highest BCUT2D eigenvalue weighted by Crippen LogP contribution is 2.40. The lowest BCUT2D eigenvalue weighted by Crippen LogP contribution is -2.48. The van der Waals surface area contributed by atoms with Crippen LogP contribution in [0.15, 0.2) is 97.6 Å². The summed E-state index contributed by atoms with van der Waals surface area (Å²) in [5.41, 5.74) is 15.7. The Morgan fingerprint density at radius 1 is 0.696 bits per heavy atom. The number of aromatic nitrogens is 6. The fourth-order valence-corrected chi connectivity index (χ4v) is 7.64. The van der Waals surface area contributed by atoms with Crippen molar-refractivity contribution in [2.75, 3.05) is 57.2 Å². The van der Waals surface area contributed by atoms with Gasteiger partial charge in [-0.2, -0.15) is 0 Å². The second-order valence-corrected chi connectivity index (χ2v) is 14.7. The maximum Gasteiger partial charge on any atom is 0.329 e. The van der Waals surface area contributed by atoms with Crippen molar-refractivity contribution >= 4 is 40.7 Å². The number of aryl methyl sites for hydroxylation is 4. The van der Waals surface area contributed by atoms with Gasteiger partial charge in [-0.1, -0.05) is 0 Å². The van der Waals surface area contributed by atoms with Gasteiger partial charge in [0, 0.05) is 79.5 Å². The van der Waals surface area contributed by atoms with E-state index in [1.54, 1.807) is 23.5 Å². The van der Waals surface area contributed by atoms with Gasteiger partial charge in [0.15, 0.2) is 11.6 Å².